The average molecular weight is 454 g/mol. The van der Waals surface area contributed by atoms with E-state index in [1.54, 1.807) is 24.3 Å². The first-order valence-electron chi connectivity index (χ1n) is 9.84. The quantitative estimate of drug-likeness (QED) is 0.498. The molecule has 4 saturated carbocycles. The second-order valence-corrected chi connectivity index (χ2v) is 11.0. The fraction of sp³-hybridized carbons (Fsp3) is 0.619. The van der Waals surface area contributed by atoms with Crippen LogP contribution in [0.1, 0.15) is 55.3 Å². The summed E-state index contributed by atoms with van der Waals surface area (Å²) < 4.78 is 0.282. The highest BCUT2D eigenvalue weighted by molar-refractivity contribution is 9.10. The largest absolute Gasteiger partial charge is 0.354 e. The summed E-state index contributed by atoms with van der Waals surface area (Å²) in [5.74, 6) is 1.55. The molecule has 1 aromatic rings. The number of hydrogen-bond acceptors (Lipinski definition) is 2. The van der Waals surface area contributed by atoms with Crippen molar-refractivity contribution in [3.05, 3.63) is 34.9 Å². The van der Waals surface area contributed by atoms with Crippen LogP contribution in [0.15, 0.2) is 24.3 Å². The van der Waals surface area contributed by atoms with Crippen LogP contribution < -0.4 is 10.6 Å². The molecule has 4 fully saturated rings. The van der Waals surface area contributed by atoms with Gasteiger partial charge in [-0.3, -0.25) is 9.59 Å². The van der Waals surface area contributed by atoms with Gasteiger partial charge in [-0.1, -0.05) is 27.5 Å². The summed E-state index contributed by atoms with van der Waals surface area (Å²) in [4.78, 5) is 24.6. The second kappa shape index (κ2) is 7.40. The maximum Gasteiger partial charge on any atom is 0.251 e. The third-order valence-corrected chi connectivity index (χ3v) is 7.67. The van der Waals surface area contributed by atoms with Crippen molar-refractivity contribution in [1.82, 2.24) is 10.6 Å². The first kappa shape index (κ1) is 19.3. The highest BCUT2D eigenvalue weighted by atomic mass is 79.9. The van der Waals surface area contributed by atoms with Crippen LogP contribution in [0.4, 0.5) is 0 Å². The number of alkyl halides is 1. The van der Waals surface area contributed by atoms with E-state index < -0.39 is 0 Å². The maximum absolute atomic E-state index is 12.5. The Labute approximate surface area is 173 Å². The molecule has 0 saturated heterocycles. The molecule has 4 aliphatic carbocycles. The Kier molecular flexibility index (Phi) is 5.28. The molecule has 2 amide bonds. The van der Waals surface area contributed by atoms with E-state index in [1.165, 1.54) is 32.1 Å². The van der Waals surface area contributed by atoms with E-state index in [0.29, 0.717) is 30.1 Å². The zero-order valence-corrected chi connectivity index (χ0v) is 17.7. The van der Waals surface area contributed by atoms with Crippen LogP contribution in [0, 0.1) is 17.3 Å². The number of rotatable bonds is 6. The molecule has 4 bridgehead atoms. The monoisotopic (exact) mass is 452 g/mol. The number of carbonyl (C=O) groups excluding carboxylic acids is 2. The van der Waals surface area contributed by atoms with Crippen LogP contribution in [-0.2, 0) is 4.79 Å². The molecule has 146 valence electrons. The van der Waals surface area contributed by atoms with E-state index in [4.69, 9.17) is 11.6 Å². The van der Waals surface area contributed by atoms with Gasteiger partial charge in [-0.25, -0.2) is 0 Å². The first-order chi connectivity index (χ1) is 12.8. The lowest BCUT2D eigenvalue weighted by Crippen LogP contribution is -2.54. The number of nitrogens with one attached hydrogen (secondary N) is 2. The molecule has 0 aromatic heterocycles. The summed E-state index contributed by atoms with van der Waals surface area (Å²) in [6, 6.07) is 6.78. The van der Waals surface area contributed by atoms with Gasteiger partial charge in [0.15, 0.2) is 0 Å². The van der Waals surface area contributed by atoms with Gasteiger partial charge in [0.1, 0.15) is 0 Å². The molecule has 0 radical (unpaired) electrons. The summed E-state index contributed by atoms with van der Waals surface area (Å²) in [5.41, 5.74) is 0.756. The summed E-state index contributed by atoms with van der Waals surface area (Å²) in [7, 11) is 0. The van der Waals surface area contributed by atoms with E-state index in [0.717, 1.165) is 18.3 Å². The Morgan fingerprint density at radius 2 is 1.67 bits per heavy atom. The molecule has 6 heteroatoms. The molecule has 0 spiro atoms. The van der Waals surface area contributed by atoms with Gasteiger partial charge in [-0.05, 0) is 80.0 Å². The van der Waals surface area contributed by atoms with Crippen LogP contribution in [0.3, 0.4) is 0 Å². The lowest BCUT2D eigenvalue weighted by Gasteiger charge is -2.60. The van der Waals surface area contributed by atoms with Crippen LogP contribution in [0.5, 0.6) is 0 Å². The highest BCUT2D eigenvalue weighted by Crippen LogP contribution is 2.65. The Bertz CT molecular complexity index is 722. The fourth-order valence-corrected chi connectivity index (χ4v) is 7.66. The molecule has 5 rings (SSSR count). The van der Waals surface area contributed by atoms with Gasteiger partial charge in [0.25, 0.3) is 5.91 Å². The van der Waals surface area contributed by atoms with Crippen LogP contribution in [0.25, 0.3) is 0 Å². The minimum Gasteiger partial charge on any atom is -0.354 e. The lowest BCUT2D eigenvalue weighted by molar-refractivity contribution is -0.128. The standard InChI is InChI=1S/C21H26BrClN2O2/c22-21-10-14-7-15(11-21)9-20(8-14,13-21)12-18(26)24-5-6-25-19(27)16-1-3-17(23)4-2-16/h1-4,14-15H,5-13H2,(H,24,26)(H,25,27). The van der Waals surface area contributed by atoms with Gasteiger partial charge < -0.3 is 10.6 Å². The van der Waals surface area contributed by atoms with Crippen molar-refractivity contribution in [3.63, 3.8) is 0 Å². The molecule has 4 aliphatic rings. The SMILES string of the molecule is O=C(CC12CC3CC(CC(Br)(C3)C1)C2)NCCNC(=O)c1ccc(Cl)cc1. The van der Waals surface area contributed by atoms with Crippen molar-refractivity contribution < 1.29 is 9.59 Å². The average Bonchev–Trinajstić information content (AvgIpc) is 2.56. The molecule has 0 heterocycles. The van der Waals surface area contributed by atoms with Gasteiger partial charge in [-0.15, -0.1) is 0 Å². The maximum atomic E-state index is 12.5. The topological polar surface area (TPSA) is 58.2 Å². The van der Waals surface area contributed by atoms with Crippen molar-refractivity contribution in [3.8, 4) is 0 Å². The van der Waals surface area contributed by atoms with E-state index in [2.05, 4.69) is 26.6 Å². The van der Waals surface area contributed by atoms with E-state index in [-0.39, 0.29) is 21.6 Å². The van der Waals surface area contributed by atoms with Crippen LogP contribution >= 0.6 is 27.5 Å². The minimum absolute atomic E-state index is 0.119. The Morgan fingerprint density at radius 1 is 1.04 bits per heavy atom. The summed E-state index contributed by atoms with van der Waals surface area (Å²) in [6.45, 7) is 0.883. The highest BCUT2D eigenvalue weighted by Gasteiger charge is 2.57. The molecule has 2 N–H and O–H groups in total. The second-order valence-electron chi connectivity index (χ2n) is 8.90. The number of benzene rings is 1. The Hall–Kier alpha value is -1.07. The van der Waals surface area contributed by atoms with E-state index >= 15 is 0 Å². The molecule has 4 nitrogen and oxygen atoms in total. The number of halogens is 2. The fourth-order valence-electron chi connectivity index (χ4n) is 6.03. The van der Waals surface area contributed by atoms with Gasteiger partial charge >= 0.3 is 0 Å². The van der Waals surface area contributed by atoms with Gasteiger partial charge in [0.2, 0.25) is 5.91 Å². The summed E-state index contributed by atoms with van der Waals surface area (Å²) >= 11 is 9.83. The van der Waals surface area contributed by atoms with E-state index in [9.17, 15) is 9.59 Å². The van der Waals surface area contributed by atoms with Crippen molar-refractivity contribution >= 4 is 39.3 Å². The molecular weight excluding hydrogens is 428 g/mol. The molecule has 2 unspecified atom stereocenters. The predicted molar refractivity (Wildman–Crippen MR) is 110 cm³/mol. The zero-order valence-electron chi connectivity index (χ0n) is 15.4. The van der Waals surface area contributed by atoms with Gasteiger partial charge in [0, 0.05) is 34.4 Å². The van der Waals surface area contributed by atoms with Crippen molar-refractivity contribution in [1.29, 1.82) is 0 Å². The van der Waals surface area contributed by atoms with Crippen molar-refractivity contribution in [2.24, 2.45) is 17.3 Å². The lowest BCUT2D eigenvalue weighted by atomic mass is 9.48. The first-order valence-corrected chi connectivity index (χ1v) is 11.0. The Balaban J connectivity index is 1.22. The van der Waals surface area contributed by atoms with Crippen LogP contribution in [0.2, 0.25) is 5.02 Å². The normalized spacial score (nSPS) is 33.7. The molecule has 2 atom stereocenters. The van der Waals surface area contributed by atoms with Crippen molar-refractivity contribution in [2.45, 2.75) is 49.3 Å². The van der Waals surface area contributed by atoms with E-state index in [1.807, 2.05) is 0 Å². The van der Waals surface area contributed by atoms with Gasteiger partial charge in [-0.2, -0.15) is 0 Å². The zero-order chi connectivity index (χ0) is 19.1. The summed E-state index contributed by atoms with van der Waals surface area (Å²) in [5, 5.41) is 6.44. The number of carbonyl (C=O) groups is 2. The molecule has 0 aliphatic heterocycles. The predicted octanol–water partition coefficient (Wildman–Crippen LogP) is 4.31. The van der Waals surface area contributed by atoms with Crippen molar-refractivity contribution in [2.75, 3.05) is 13.1 Å². The minimum atomic E-state index is -0.150. The molecular formula is C21H26BrClN2O2. The summed E-state index contributed by atoms with van der Waals surface area (Å²) in [6.07, 6.45) is 8.09. The smallest absolute Gasteiger partial charge is 0.251 e. The number of amides is 2. The van der Waals surface area contributed by atoms with Crippen LogP contribution in [-0.4, -0.2) is 29.2 Å². The molecule has 27 heavy (non-hydrogen) atoms. The third kappa shape index (κ3) is 4.34. The Morgan fingerprint density at radius 3 is 2.30 bits per heavy atom. The number of hydrogen-bond donors (Lipinski definition) is 2. The third-order valence-electron chi connectivity index (χ3n) is 6.49. The molecule has 1 aromatic carbocycles. The van der Waals surface area contributed by atoms with Gasteiger partial charge in [0.05, 0.1) is 0 Å².